The van der Waals surface area contributed by atoms with E-state index in [0.717, 1.165) is 6.54 Å². The highest BCUT2D eigenvalue weighted by atomic mass is 32.1. The molecule has 2 heterocycles. The summed E-state index contributed by atoms with van der Waals surface area (Å²) in [5, 5.41) is 4.28. The summed E-state index contributed by atoms with van der Waals surface area (Å²) < 4.78 is 0. The van der Waals surface area contributed by atoms with E-state index in [2.05, 4.69) is 40.7 Å². The fourth-order valence-electron chi connectivity index (χ4n) is 2.28. The van der Waals surface area contributed by atoms with E-state index >= 15 is 0 Å². The predicted octanol–water partition coefficient (Wildman–Crippen LogP) is 2.66. The van der Waals surface area contributed by atoms with Crippen molar-refractivity contribution in [2.45, 2.75) is 25.6 Å². The van der Waals surface area contributed by atoms with Gasteiger partial charge in [-0.25, -0.2) is 0 Å². The lowest BCUT2D eigenvalue weighted by Crippen LogP contribution is -2.36. The van der Waals surface area contributed by atoms with Crippen molar-refractivity contribution < 1.29 is 0 Å². The van der Waals surface area contributed by atoms with Crippen LogP contribution in [0.25, 0.3) is 0 Å². The molecule has 0 radical (unpaired) electrons. The van der Waals surface area contributed by atoms with Crippen LogP contribution < -0.4 is 5.73 Å². The first-order chi connectivity index (χ1) is 8.68. The molecular formula is C14H19N3S. The number of likely N-dealkylation sites (N-methyl/N-ethyl adjacent to an activating group) is 1. The minimum Gasteiger partial charge on any atom is -0.326 e. The molecule has 0 amide bonds. The molecule has 0 fully saturated rings. The van der Waals surface area contributed by atoms with Gasteiger partial charge >= 0.3 is 0 Å². The Balaban J connectivity index is 2.12. The zero-order valence-corrected chi connectivity index (χ0v) is 11.6. The van der Waals surface area contributed by atoms with E-state index in [1.807, 2.05) is 24.5 Å². The fraction of sp³-hybridized carbons (Fsp3) is 0.357. The topological polar surface area (TPSA) is 42.1 Å². The van der Waals surface area contributed by atoms with Gasteiger partial charge in [0.15, 0.2) is 0 Å². The van der Waals surface area contributed by atoms with Gasteiger partial charge in [0, 0.05) is 25.0 Å². The minimum atomic E-state index is 0.103. The predicted molar refractivity (Wildman–Crippen MR) is 76.4 cm³/mol. The second-order valence-corrected chi connectivity index (χ2v) is 5.41. The fourth-order valence-corrected chi connectivity index (χ4v) is 2.97. The number of pyridine rings is 1. The Labute approximate surface area is 112 Å². The van der Waals surface area contributed by atoms with Crippen LogP contribution >= 0.6 is 11.3 Å². The van der Waals surface area contributed by atoms with Crippen molar-refractivity contribution >= 4 is 11.3 Å². The van der Waals surface area contributed by atoms with E-state index in [4.69, 9.17) is 5.73 Å². The number of hydrogen-bond donors (Lipinski definition) is 1. The van der Waals surface area contributed by atoms with Crippen LogP contribution in [0.5, 0.6) is 0 Å². The van der Waals surface area contributed by atoms with E-state index in [1.54, 1.807) is 11.3 Å². The molecule has 0 aliphatic carbocycles. The molecule has 2 unspecified atom stereocenters. The van der Waals surface area contributed by atoms with Gasteiger partial charge < -0.3 is 5.73 Å². The second-order valence-electron chi connectivity index (χ2n) is 4.63. The molecule has 18 heavy (non-hydrogen) atoms. The maximum absolute atomic E-state index is 6.13. The Kier molecular flexibility index (Phi) is 4.47. The van der Waals surface area contributed by atoms with Gasteiger partial charge in [0.2, 0.25) is 0 Å². The van der Waals surface area contributed by atoms with Crippen LogP contribution in [-0.4, -0.2) is 23.0 Å². The van der Waals surface area contributed by atoms with Gasteiger partial charge in [-0.15, -0.1) is 0 Å². The van der Waals surface area contributed by atoms with Crippen molar-refractivity contribution in [2.24, 2.45) is 5.73 Å². The first-order valence-corrected chi connectivity index (χ1v) is 6.99. The largest absolute Gasteiger partial charge is 0.326 e. The number of thiophene rings is 1. The van der Waals surface area contributed by atoms with Crippen LogP contribution in [0.15, 0.2) is 41.4 Å². The molecule has 96 valence electrons. The van der Waals surface area contributed by atoms with Crippen molar-refractivity contribution in [3.8, 4) is 0 Å². The third-order valence-electron chi connectivity index (χ3n) is 3.04. The summed E-state index contributed by atoms with van der Waals surface area (Å²) in [6.45, 7) is 2.94. The van der Waals surface area contributed by atoms with Gasteiger partial charge in [-0.1, -0.05) is 0 Å². The van der Waals surface area contributed by atoms with E-state index in [1.165, 1.54) is 11.1 Å². The Morgan fingerprint density at radius 3 is 2.61 bits per heavy atom. The summed E-state index contributed by atoms with van der Waals surface area (Å²) in [7, 11) is 2.12. The van der Waals surface area contributed by atoms with E-state index in [-0.39, 0.29) is 12.1 Å². The molecule has 0 saturated heterocycles. The summed E-state index contributed by atoms with van der Waals surface area (Å²) in [6.07, 6.45) is 3.66. The summed E-state index contributed by atoms with van der Waals surface area (Å²) in [6, 6.07) is 6.60. The average Bonchev–Trinajstić information content (AvgIpc) is 2.83. The molecule has 2 N–H and O–H groups in total. The molecule has 0 saturated carbocycles. The van der Waals surface area contributed by atoms with Crippen molar-refractivity contribution in [3.63, 3.8) is 0 Å². The van der Waals surface area contributed by atoms with Crippen molar-refractivity contribution in [3.05, 3.63) is 52.5 Å². The first-order valence-electron chi connectivity index (χ1n) is 6.05. The summed E-state index contributed by atoms with van der Waals surface area (Å²) in [4.78, 5) is 6.33. The van der Waals surface area contributed by atoms with Gasteiger partial charge in [0.1, 0.15) is 0 Å². The van der Waals surface area contributed by atoms with Crippen LogP contribution in [-0.2, 0) is 6.54 Å². The molecule has 3 nitrogen and oxygen atoms in total. The molecule has 2 aromatic heterocycles. The molecule has 0 aromatic carbocycles. The zero-order valence-electron chi connectivity index (χ0n) is 10.8. The quantitative estimate of drug-likeness (QED) is 0.899. The Hall–Kier alpha value is -1.23. The van der Waals surface area contributed by atoms with Gasteiger partial charge in [-0.05, 0) is 54.1 Å². The van der Waals surface area contributed by atoms with Crippen molar-refractivity contribution in [1.29, 1.82) is 0 Å². The van der Waals surface area contributed by atoms with Crippen LogP contribution in [0.1, 0.15) is 24.1 Å². The molecule has 2 aromatic rings. The highest BCUT2D eigenvalue weighted by Crippen LogP contribution is 2.25. The molecule has 0 aliphatic rings. The van der Waals surface area contributed by atoms with Gasteiger partial charge in [0.05, 0.1) is 6.04 Å². The summed E-state index contributed by atoms with van der Waals surface area (Å²) in [5.41, 5.74) is 8.69. The number of nitrogens with two attached hydrogens (primary N) is 1. The van der Waals surface area contributed by atoms with Gasteiger partial charge in [0.25, 0.3) is 0 Å². The summed E-state index contributed by atoms with van der Waals surface area (Å²) >= 11 is 1.72. The molecule has 0 bridgehead atoms. The highest BCUT2D eigenvalue weighted by molar-refractivity contribution is 7.07. The van der Waals surface area contributed by atoms with Crippen LogP contribution in [0.3, 0.4) is 0 Å². The highest BCUT2D eigenvalue weighted by Gasteiger charge is 2.21. The van der Waals surface area contributed by atoms with Crippen molar-refractivity contribution in [2.75, 3.05) is 7.05 Å². The van der Waals surface area contributed by atoms with Gasteiger partial charge in [-0.3, -0.25) is 9.88 Å². The lowest BCUT2D eigenvalue weighted by atomic mass is 10.0. The lowest BCUT2D eigenvalue weighted by molar-refractivity contribution is 0.211. The maximum Gasteiger partial charge on any atom is 0.0505 e. The molecule has 0 spiro atoms. The average molecular weight is 261 g/mol. The lowest BCUT2D eigenvalue weighted by Gasteiger charge is -2.30. The smallest absolute Gasteiger partial charge is 0.0505 e. The number of nitrogens with zero attached hydrogens (tertiary/aromatic N) is 2. The number of hydrogen-bond acceptors (Lipinski definition) is 4. The maximum atomic E-state index is 6.13. The normalized spacial score (nSPS) is 14.7. The number of rotatable bonds is 5. The third-order valence-corrected chi connectivity index (χ3v) is 3.74. The minimum absolute atomic E-state index is 0.103. The van der Waals surface area contributed by atoms with Crippen LogP contribution in [0.4, 0.5) is 0 Å². The van der Waals surface area contributed by atoms with E-state index < -0.39 is 0 Å². The zero-order chi connectivity index (χ0) is 13.0. The Bertz CT molecular complexity index is 453. The molecular weight excluding hydrogens is 242 g/mol. The Morgan fingerprint density at radius 1 is 1.33 bits per heavy atom. The molecule has 2 atom stereocenters. The summed E-state index contributed by atoms with van der Waals surface area (Å²) in [5.74, 6) is 0. The standard InChI is InChI=1S/C14H19N3S/c1-11(15)14(13-5-8-18-10-13)17(2)9-12-3-6-16-7-4-12/h3-8,10-11,14H,9,15H2,1-2H3. The molecule has 2 rings (SSSR count). The SMILES string of the molecule is CC(N)C(c1ccsc1)N(C)Cc1ccncc1. The first kappa shape index (κ1) is 13.2. The molecule has 4 heteroatoms. The third kappa shape index (κ3) is 3.16. The van der Waals surface area contributed by atoms with Crippen molar-refractivity contribution in [1.82, 2.24) is 9.88 Å². The monoisotopic (exact) mass is 261 g/mol. The second kappa shape index (κ2) is 6.09. The van der Waals surface area contributed by atoms with Crippen LogP contribution in [0.2, 0.25) is 0 Å². The Morgan fingerprint density at radius 2 is 2.06 bits per heavy atom. The van der Waals surface area contributed by atoms with Gasteiger partial charge in [-0.2, -0.15) is 11.3 Å². The van der Waals surface area contributed by atoms with E-state index in [9.17, 15) is 0 Å². The van der Waals surface area contributed by atoms with E-state index in [0.29, 0.717) is 0 Å². The van der Waals surface area contributed by atoms with Crippen LogP contribution in [0, 0.1) is 0 Å². The number of aromatic nitrogens is 1. The molecule has 0 aliphatic heterocycles.